The summed E-state index contributed by atoms with van der Waals surface area (Å²) in [5, 5.41) is 4.85. The highest BCUT2D eigenvalue weighted by atomic mass is 79.9. The summed E-state index contributed by atoms with van der Waals surface area (Å²) in [5.41, 5.74) is 0.592. The second-order valence-corrected chi connectivity index (χ2v) is 5.93. The Hall–Kier alpha value is -2.74. The van der Waals surface area contributed by atoms with E-state index in [0.717, 1.165) is 0 Å². The maximum absolute atomic E-state index is 13.6. The van der Waals surface area contributed by atoms with E-state index in [-0.39, 0.29) is 17.2 Å². The van der Waals surface area contributed by atoms with Gasteiger partial charge in [-0.3, -0.25) is 9.59 Å². The van der Waals surface area contributed by atoms with Crippen molar-refractivity contribution in [3.05, 3.63) is 58.3 Å². The Labute approximate surface area is 151 Å². The van der Waals surface area contributed by atoms with Gasteiger partial charge < -0.3 is 15.4 Å². The van der Waals surface area contributed by atoms with Crippen molar-refractivity contribution in [3.8, 4) is 0 Å². The minimum atomic E-state index is -0.737. The predicted molar refractivity (Wildman–Crippen MR) is 93.8 cm³/mol. The van der Waals surface area contributed by atoms with Crippen LogP contribution in [0.1, 0.15) is 17.3 Å². The standard InChI is InChI=1S/C17H14BrFN2O4/c1-10(22)20-13-4-2-3-11(7-13)17(24)25-9-16(23)21-15-6-5-12(18)8-14(15)19/h2-8H,9H2,1H3,(H,20,22)(H,21,23). The molecule has 0 saturated carbocycles. The SMILES string of the molecule is CC(=O)Nc1cccc(C(=O)OCC(=O)Nc2ccc(Br)cc2F)c1. The van der Waals surface area contributed by atoms with Crippen LogP contribution in [0.2, 0.25) is 0 Å². The van der Waals surface area contributed by atoms with Crippen molar-refractivity contribution in [2.75, 3.05) is 17.2 Å². The average Bonchev–Trinajstić information content (AvgIpc) is 2.55. The fourth-order valence-corrected chi connectivity index (χ4v) is 2.25. The molecule has 0 aliphatic heterocycles. The van der Waals surface area contributed by atoms with Gasteiger partial charge in [0.1, 0.15) is 5.82 Å². The van der Waals surface area contributed by atoms with E-state index < -0.39 is 24.3 Å². The molecule has 0 radical (unpaired) electrons. The zero-order valence-electron chi connectivity index (χ0n) is 13.1. The lowest BCUT2D eigenvalue weighted by molar-refractivity contribution is -0.119. The monoisotopic (exact) mass is 408 g/mol. The molecular formula is C17H14BrFN2O4. The first-order chi connectivity index (χ1) is 11.8. The molecule has 0 atom stereocenters. The van der Waals surface area contributed by atoms with Crippen LogP contribution in [0.25, 0.3) is 0 Å². The number of ether oxygens (including phenoxy) is 1. The van der Waals surface area contributed by atoms with Gasteiger partial charge in [0.25, 0.3) is 5.91 Å². The number of halogens is 2. The Morgan fingerprint density at radius 1 is 1.12 bits per heavy atom. The third kappa shape index (κ3) is 5.68. The molecule has 0 aliphatic carbocycles. The van der Waals surface area contributed by atoms with Gasteiger partial charge in [0.2, 0.25) is 5.91 Å². The Kier molecular flexibility index (Phi) is 6.24. The molecule has 2 N–H and O–H groups in total. The van der Waals surface area contributed by atoms with Crippen molar-refractivity contribution in [2.24, 2.45) is 0 Å². The van der Waals surface area contributed by atoms with E-state index in [1.807, 2.05) is 0 Å². The molecular weight excluding hydrogens is 395 g/mol. The maximum Gasteiger partial charge on any atom is 0.338 e. The lowest BCUT2D eigenvalue weighted by atomic mass is 10.2. The minimum absolute atomic E-state index is 0.0168. The largest absolute Gasteiger partial charge is 0.452 e. The zero-order valence-corrected chi connectivity index (χ0v) is 14.7. The van der Waals surface area contributed by atoms with E-state index in [9.17, 15) is 18.8 Å². The quantitative estimate of drug-likeness (QED) is 0.742. The summed E-state index contributed by atoms with van der Waals surface area (Å²) in [5.74, 6) is -2.30. The fraction of sp³-hybridized carbons (Fsp3) is 0.118. The first-order valence-corrected chi connectivity index (χ1v) is 7.94. The number of amides is 2. The topological polar surface area (TPSA) is 84.5 Å². The Balaban J connectivity index is 1.93. The first-order valence-electron chi connectivity index (χ1n) is 7.15. The predicted octanol–water partition coefficient (Wildman–Crippen LogP) is 3.34. The molecule has 0 heterocycles. The number of anilines is 2. The van der Waals surface area contributed by atoms with Gasteiger partial charge in [0.15, 0.2) is 6.61 Å². The minimum Gasteiger partial charge on any atom is -0.452 e. The van der Waals surface area contributed by atoms with E-state index in [0.29, 0.717) is 10.2 Å². The average molecular weight is 409 g/mol. The first kappa shape index (κ1) is 18.6. The molecule has 0 aromatic heterocycles. The van der Waals surface area contributed by atoms with Crippen LogP contribution in [0.4, 0.5) is 15.8 Å². The van der Waals surface area contributed by atoms with Crippen LogP contribution in [0.5, 0.6) is 0 Å². The highest BCUT2D eigenvalue weighted by Crippen LogP contribution is 2.19. The van der Waals surface area contributed by atoms with E-state index in [2.05, 4.69) is 26.6 Å². The summed E-state index contributed by atoms with van der Waals surface area (Å²) in [4.78, 5) is 34.7. The van der Waals surface area contributed by atoms with Gasteiger partial charge in [-0.05, 0) is 36.4 Å². The normalized spacial score (nSPS) is 10.0. The Morgan fingerprint density at radius 2 is 1.88 bits per heavy atom. The fourth-order valence-electron chi connectivity index (χ4n) is 1.92. The molecule has 0 unspecified atom stereocenters. The number of rotatable bonds is 5. The van der Waals surface area contributed by atoms with Gasteiger partial charge in [-0.1, -0.05) is 22.0 Å². The molecule has 2 amide bonds. The van der Waals surface area contributed by atoms with Crippen LogP contribution in [-0.4, -0.2) is 24.4 Å². The number of carbonyl (C=O) groups is 3. The lowest BCUT2D eigenvalue weighted by Gasteiger charge is -2.08. The van der Waals surface area contributed by atoms with Gasteiger partial charge in [-0.2, -0.15) is 0 Å². The van der Waals surface area contributed by atoms with Crippen LogP contribution in [0, 0.1) is 5.82 Å². The van der Waals surface area contributed by atoms with Gasteiger partial charge in [-0.15, -0.1) is 0 Å². The Bertz CT molecular complexity index is 826. The van der Waals surface area contributed by atoms with Crippen LogP contribution >= 0.6 is 15.9 Å². The number of hydrogen-bond acceptors (Lipinski definition) is 4. The molecule has 130 valence electrons. The summed E-state index contributed by atoms with van der Waals surface area (Å²) in [6.45, 7) is 0.773. The molecule has 8 heteroatoms. The van der Waals surface area contributed by atoms with Crippen LogP contribution in [0.3, 0.4) is 0 Å². The third-order valence-electron chi connectivity index (χ3n) is 2.96. The molecule has 2 aromatic rings. The molecule has 0 fully saturated rings. The molecule has 0 saturated heterocycles. The second kappa shape index (κ2) is 8.39. The summed E-state index contributed by atoms with van der Waals surface area (Å²) < 4.78 is 19.1. The molecule has 0 aliphatic rings. The van der Waals surface area contributed by atoms with E-state index in [4.69, 9.17) is 4.74 Å². The molecule has 0 bridgehead atoms. The summed E-state index contributed by atoms with van der Waals surface area (Å²) in [7, 11) is 0. The van der Waals surface area contributed by atoms with E-state index in [1.165, 1.54) is 31.2 Å². The highest BCUT2D eigenvalue weighted by Gasteiger charge is 2.12. The molecule has 2 rings (SSSR count). The van der Waals surface area contributed by atoms with Crippen molar-refractivity contribution in [3.63, 3.8) is 0 Å². The zero-order chi connectivity index (χ0) is 18.4. The second-order valence-electron chi connectivity index (χ2n) is 5.01. The summed E-state index contributed by atoms with van der Waals surface area (Å²) >= 11 is 3.11. The van der Waals surface area contributed by atoms with Gasteiger partial charge >= 0.3 is 5.97 Å². The number of hydrogen-bond donors (Lipinski definition) is 2. The van der Waals surface area contributed by atoms with Crippen molar-refractivity contribution >= 4 is 45.1 Å². The molecule has 25 heavy (non-hydrogen) atoms. The van der Waals surface area contributed by atoms with Gasteiger partial charge in [0, 0.05) is 17.1 Å². The van der Waals surface area contributed by atoms with Crippen LogP contribution < -0.4 is 10.6 Å². The van der Waals surface area contributed by atoms with Crippen molar-refractivity contribution in [2.45, 2.75) is 6.92 Å². The van der Waals surface area contributed by atoms with Crippen LogP contribution in [-0.2, 0) is 14.3 Å². The van der Waals surface area contributed by atoms with Gasteiger partial charge in [-0.25, -0.2) is 9.18 Å². The molecule has 0 spiro atoms. The summed E-state index contributed by atoms with van der Waals surface area (Å²) in [6.07, 6.45) is 0. The van der Waals surface area contributed by atoms with E-state index in [1.54, 1.807) is 18.2 Å². The Morgan fingerprint density at radius 3 is 2.56 bits per heavy atom. The molecule has 2 aromatic carbocycles. The van der Waals surface area contributed by atoms with Crippen LogP contribution in [0.15, 0.2) is 46.9 Å². The van der Waals surface area contributed by atoms with Crippen molar-refractivity contribution in [1.82, 2.24) is 0 Å². The molecule has 6 nitrogen and oxygen atoms in total. The van der Waals surface area contributed by atoms with Crippen molar-refractivity contribution in [1.29, 1.82) is 0 Å². The summed E-state index contributed by atoms with van der Waals surface area (Å²) in [6, 6.07) is 10.2. The van der Waals surface area contributed by atoms with Gasteiger partial charge in [0.05, 0.1) is 11.3 Å². The van der Waals surface area contributed by atoms with Crippen molar-refractivity contribution < 1.29 is 23.5 Å². The number of carbonyl (C=O) groups excluding carboxylic acids is 3. The smallest absolute Gasteiger partial charge is 0.338 e. The third-order valence-corrected chi connectivity index (χ3v) is 3.45. The maximum atomic E-state index is 13.6. The highest BCUT2D eigenvalue weighted by molar-refractivity contribution is 9.10. The number of benzene rings is 2. The number of esters is 1. The number of nitrogens with one attached hydrogen (secondary N) is 2. The van der Waals surface area contributed by atoms with E-state index >= 15 is 0 Å². The lowest BCUT2D eigenvalue weighted by Crippen LogP contribution is -2.21.